The number of hydrogen-bond acceptors (Lipinski definition) is 4. The topological polar surface area (TPSA) is 68.5 Å². The van der Waals surface area contributed by atoms with E-state index in [1.54, 1.807) is 0 Å². The van der Waals surface area contributed by atoms with Crippen LogP contribution in [0.2, 0.25) is 0 Å². The zero-order valence-electron chi connectivity index (χ0n) is 12.1. The normalized spacial score (nSPS) is 16.0. The number of alkyl carbamates (subject to hydrolysis) is 1. The highest BCUT2D eigenvalue weighted by Crippen LogP contribution is 2.31. The Morgan fingerprint density at radius 3 is 2.78 bits per heavy atom. The van der Waals surface area contributed by atoms with Crippen LogP contribution in [0, 0.1) is 0 Å². The second kappa shape index (κ2) is 6.05. The zero-order valence-corrected chi connectivity index (χ0v) is 12.1. The molecule has 2 heterocycles. The van der Waals surface area contributed by atoms with Crippen molar-refractivity contribution < 1.29 is 22.7 Å². The summed E-state index contributed by atoms with van der Waals surface area (Å²) in [6, 6.07) is 2.20. The largest absolute Gasteiger partial charge is 0.446 e. The van der Waals surface area contributed by atoms with Crippen LogP contribution in [-0.2, 0) is 17.5 Å². The molecule has 1 aliphatic carbocycles. The number of ether oxygens (including phenoxy) is 1. The van der Waals surface area contributed by atoms with Gasteiger partial charge in [0.15, 0.2) is 11.5 Å². The molecule has 0 bridgehead atoms. The van der Waals surface area contributed by atoms with E-state index in [0.717, 1.165) is 31.7 Å². The van der Waals surface area contributed by atoms with Gasteiger partial charge >= 0.3 is 12.3 Å². The first kappa shape index (κ1) is 15.6. The first-order chi connectivity index (χ1) is 10.9. The number of aromatic nitrogens is 3. The molecule has 1 N–H and O–H groups in total. The average Bonchev–Trinajstić information content (AvgIpc) is 3.13. The van der Waals surface area contributed by atoms with Gasteiger partial charge in [0, 0.05) is 6.20 Å². The van der Waals surface area contributed by atoms with Crippen LogP contribution in [0.25, 0.3) is 5.65 Å². The molecule has 6 nitrogen and oxygen atoms in total. The van der Waals surface area contributed by atoms with Crippen LogP contribution < -0.4 is 5.32 Å². The van der Waals surface area contributed by atoms with E-state index < -0.39 is 17.8 Å². The third kappa shape index (κ3) is 3.38. The predicted molar refractivity (Wildman–Crippen MR) is 73.6 cm³/mol. The van der Waals surface area contributed by atoms with Gasteiger partial charge < -0.3 is 10.1 Å². The summed E-state index contributed by atoms with van der Waals surface area (Å²) in [4.78, 5) is 11.7. The highest BCUT2D eigenvalue weighted by atomic mass is 19.4. The lowest BCUT2D eigenvalue weighted by Crippen LogP contribution is -2.28. The molecule has 0 radical (unpaired) electrons. The molecule has 124 valence electrons. The smallest absolute Gasteiger partial charge is 0.420 e. The van der Waals surface area contributed by atoms with E-state index >= 15 is 0 Å². The molecule has 0 atom stereocenters. The van der Waals surface area contributed by atoms with Gasteiger partial charge in [-0.1, -0.05) is 0 Å². The summed E-state index contributed by atoms with van der Waals surface area (Å²) >= 11 is 0. The van der Waals surface area contributed by atoms with E-state index in [1.807, 2.05) is 0 Å². The van der Waals surface area contributed by atoms with Crippen molar-refractivity contribution >= 4 is 11.7 Å². The van der Waals surface area contributed by atoms with Gasteiger partial charge in [-0.15, -0.1) is 10.2 Å². The van der Waals surface area contributed by atoms with Crippen molar-refractivity contribution in [2.45, 2.75) is 44.5 Å². The van der Waals surface area contributed by atoms with E-state index in [2.05, 4.69) is 15.5 Å². The van der Waals surface area contributed by atoms with Crippen molar-refractivity contribution in [2.24, 2.45) is 0 Å². The lowest BCUT2D eigenvalue weighted by Gasteiger charge is -2.12. The molecular weight excluding hydrogens is 313 g/mol. The van der Waals surface area contributed by atoms with Crippen molar-refractivity contribution in [1.82, 2.24) is 19.9 Å². The summed E-state index contributed by atoms with van der Waals surface area (Å²) in [6.07, 6.45) is -0.0135. The van der Waals surface area contributed by atoms with E-state index in [0.29, 0.717) is 0 Å². The van der Waals surface area contributed by atoms with Crippen molar-refractivity contribution in [2.75, 3.05) is 0 Å². The summed E-state index contributed by atoms with van der Waals surface area (Å²) in [7, 11) is 0. The van der Waals surface area contributed by atoms with Crippen LogP contribution in [0.3, 0.4) is 0 Å². The average molecular weight is 328 g/mol. The lowest BCUT2D eigenvalue weighted by atomic mass is 10.2. The zero-order chi connectivity index (χ0) is 16.4. The Labute approximate surface area is 129 Å². The molecule has 1 saturated carbocycles. The third-order valence-electron chi connectivity index (χ3n) is 3.78. The lowest BCUT2D eigenvalue weighted by molar-refractivity contribution is -0.136. The monoisotopic (exact) mass is 328 g/mol. The van der Waals surface area contributed by atoms with Crippen molar-refractivity contribution in [1.29, 1.82) is 0 Å². The van der Waals surface area contributed by atoms with Crippen LogP contribution in [0.1, 0.15) is 37.1 Å². The first-order valence-corrected chi connectivity index (χ1v) is 7.29. The molecule has 2 aromatic rings. The molecule has 0 spiro atoms. The summed E-state index contributed by atoms with van der Waals surface area (Å²) < 4.78 is 45.1. The molecule has 2 aromatic heterocycles. The predicted octanol–water partition coefficient (Wildman–Crippen LogP) is 2.92. The number of alkyl halides is 3. The number of carbonyl (C=O) groups excluding carboxylic acids is 1. The number of rotatable bonds is 3. The third-order valence-corrected chi connectivity index (χ3v) is 3.78. The van der Waals surface area contributed by atoms with Gasteiger partial charge in [-0.2, -0.15) is 13.2 Å². The fourth-order valence-electron chi connectivity index (χ4n) is 2.66. The van der Waals surface area contributed by atoms with Crippen molar-refractivity contribution in [3.63, 3.8) is 0 Å². The van der Waals surface area contributed by atoms with E-state index in [-0.39, 0.29) is 24.1 Å². The standard InChI is InChI=1S/C14H15F3N4O2/c15-14(16,17)10-6-3-7-21-11(19-20-12(10)21)8-18-13(22)23-9-4-1-2-5-9/h3,6-7,9H,1-2,4-5,8H2,(H,18,22). The Kier molecular flexibility index (Phi) is 4.10. The maximum atomic E-state index is 12.9. The van der Waals surface area contributed by atoms with Gasteiger partial charge in [0.1, 0.15) is 11.7 Å². The molecule has 1 amide bonds. The molecule has 1 fully saturated rings. The number of halogens is 3. The van der Waals surface area contributed by atoms with Gasteiger partial charge in [-0.3, -0.25) is 4.40 Å². The van der Waals surface area contributed by atoms with Crippen LogP contribution in [0.15, 0.2) is 18.3 Å². The van der Waals surface area contributed by atoms with Crippen LogP contribution in [-0.4, -0.2) is 26.8 Å². The maximum Gasteiger partial charge on any atom is 0.420 e. The molecule has 1 aliphatic rings. The van der Waals surface area contributed by atoms with Gasteiger partial charge in [0.2, 0.25) is 0 Å². The van der Waals surface area contributed by atoms with Gasteiger partial charge in [-0.25, -0.2) is 4.79 Å². The maximum absolute atomic E-state index is 12.9. The minimum Gasteiger partial charge on any atom is -0.446 e. The van der Waals surface area contributed by atoms with Crippen molar-refractivity contribution in [3.8, 4) is 0 Å². The molecule has 23 heavy (non-hydrogen) atoms. The van der Waals surface area contributed by atoms with E-state index in [4.69, 9.17) is 4.74 Å². The Morgan fingerprint density at radius 1 is 1.35 bits per heavy atom. The first-order valence-electron chi connectivity index (χ1n) is 7.29. The molecule has 0 unspecified atom stereocenters. The number of nitrogens with one attached hydrogen (secondary N) is 1. The number of pyridine rings is 1. The highest BCUT2D eigenvalue weighted by Gasteiger charge is 2.34. The summed E-state index contributed by atoms with van der Waals surface area (Å²) in [6.45, 7) is -0.0615. The summed E-state index contributed by atoms with van der Waals surface area (Å²) in [5.74, 6) is 0.203. The molecule has 0 aromatic carbocycles. The number of hydrogen-bond donors (Lipinski definition) is 1. The van der Waals surface area contributed by atoms with Crippen LogP contribution >= 0.6 is 0 Å². The molecular formula is C14H15F3N4O2. The van der Waals surface area contributed by atoms with E-state index in [1.165, 1.54) is 16.7 Å². The summed E-state index contributed by atoms with van der Waals surface area (Å²) in [5.41, 5.74) is -1.16. The highest BCUT2D eigenvalue weighted by molar-refractivity contribution is 5.67. The quantitative estimate of drug-likeness (QED) is 0.941. The molecule has 9 heteroatoms. The van der Waals surface area contributed by atoms with Gasteiger partial charge in [0.25, 0.3) is 0 Å². The Hall–Kier alpha value is -2.32. The number of nitrogens with zero attached hydrogens (tertiary/aromatic N) is 3. The minimum atomic E-state index is -4.51. The number of fused-ring (bicyclic) bond motifs is 1. The van der Waals surface area contributed by atoms with Crippen molar-refractivity contribution in [3.05, 3.63) is 29.7 Å². The Bertz CT molecular complexity index is 708. The fraction of sp³-hybridized carbons (Fsp3) is 0.500. The second-order valence-electron chi connectivity index (χ2n) is 5.39. The van der Waals surface area contributed by atoms with Crippen LogP contribution in [0.5, 0.6) is 0 Å². The Balaban J connectivity index is 1.70. The van der Waals surface area contributed by atoms with Crippen LogP contribution in [0.4, 0.5) is 18.0 Å². The number of carbonyl (C=O) groups is 1. The van der Waals surface area contributed by atoms with E-state index in [9.17, 15) is 18.0 Å². The van der Waals surface area contributed by atoms with Gasteiger partial charge in [-0.05, 0) is 37.8 Å². The SMILES string of the molecule is O=C(NCc1nnc2c(C(F)(F)F)cccn12)OC1CCCC1. The minimum absolute atomic E-state index is 0.0615. The molecule has 0 saturated heterocycles. The molecule has 3 rings (SSSR count). The van der Waals surface area contributed by atoms with Gasteiger partial charge in [0.05, 0.1) is 6.54 Å². The summed E-state index contributed by atoms with van der Waals surface area (Å²) in [5, 5.41) is 9.78. The number of amides is 1. The molecule has 0 aliphatic heterocycles. The second-order valence-corrected chi connectivity index (χ2v) is 5.39. The Morgan fingerprint density at radius 2 is 2.09 bits per heavy atom. The fourth-order valence-corrected chi connectivity index (χ4v) is 2.66.